The molecule has 0 bridgehead atoms. The molecule has 0 atom stereocenters. The first-order chi connectivity index (χ1) is 13.7. The second-order valence-electron chi connectivity index (χ2n) is 7.97. The summed E-state index contributed by atoms with van der Waals surface area (Å²) in [5, 5.41) is 1.20. The summed E-state index contributed by atoms with van der Waals surface area (Å²) in [4.78, 5) is 21.9. The zero-order valence-electron chi connectivity index (χ0n) is 16.3. The van der Waals surface area contributed by atoms with Crippen LogP contribution in [0.4, 0.5) is 11.5 Å². The Kier molecular flexibility index (Phi) is 4.27. The van der Waals surface area contributed by atoms with E-state index in [1.54, 1.807) is 0 Å². The Morgan fingerprint density at radius 1 is 0.929 bits per heavy atom. The Morgan fingerprint density at radius 2 is 1.71 bits per heavy atom. The molecule has 2 aromatic carbocycles. The first-order valence-electron chi connectivity index (χ1n) is 10.3. The van der Waals surface area contributed by atoms with Gasteiger partial charge in [0.05, 0.1) is 5.52 Å². The lowest BCUT2D eigenvalue weighted by Gasteiger charge is -2.27. The fraction of sp³-hybridized carbons (Fsp3) is 0.333. The fourth-order valence-electron chi connectivity index (χ4n) is 4.38. The predicted molar refractivity (Wildman–Crippen MR) is 113 cm³/mol. The molecule has 2 aliphatic rings. The monoisotopic (exact) mass is 371 g/mol. The fourth-order valence-corrected chi connectivity index (χ4v) is 4.38. The Balaban J connectivity index is 1.42. The maximum Gasteiger partial charge on any atom is 0.253 e. The summed E-state index contributed by atoms with van der Waals surface area (Å²) >= 11 is 0. The third kappa shape index (κ3) is 3.03. The van der Waals surface area contributed by atoms with E-state index in [9.17, 15) is 4.79 Å². The van der Waals surface area contributed by atoms with Crippen LogP contribution in [0.5, 0.6) is 0 Å². The first kappa shape index (κ1) is 17.2. The Hall–Kier alpha value is -2.88. The summed E-state index contributed by atoms with van der Waals surface area (Å²) in [6.07, 6.45) is 4.47. The highest BCUT2D eigenvalue weighted by atomic mass is 16.2. The van der Waals surface area contributed by atoms with Gasteiger partial charge in [-0.25, -0.2) is 4.98 Å². The molecule has 0 unspecified atom stereocenters. The molecule has 1 aromatic heterocycles. The number of likely N-dealkylation sites (tertiary alicyclic amines) is 1. The average Bonchev–Trinajstić information content (AvgIpc) is 3.15. The minimum Gasteiger partial charge on any atom is -0.339 e. The molecule has 0 radical (unpaired) electrons. The number of nitrogens with zero attached hydrogens (tertiary/aromatic N) is 3. The van der Waals surface area contributed by atoms with E-state index < -0.39 is 0 Å². The molecule has 1 fully saturated rings. The zero-order valence-corrected chi connectivity index (χ0v) is 16.3. The summed E-state index contributed by atoms with van der Waals surface area (Å²) < 4.78 is 0. The molecule has 142 valence electrons. The van der Waals surface area contributed by atoms with Crippen LogP contribution in [-0.4, -0.2) is 35.4 Å². The highest BCUT2D eigenvalue weighted by Crippen LogP contribution is 2.35. The van der Waals surface area contributed by atoms with Crippen molar-refractivity contribution >= 4 is 28.3 Å². The minimum absolute atomic E-state index is 0.160. The molecule has 0 N–H and O–H groups in total. The molecular weight excluding hydrogens is 346 g/mol. The number of fused-ring (bicyclic) bond motifs is 2. The Labute approximate surface area is 165 Å². The van der Waals surface area contributed by atoms with Crippen molar-refractivity contribution in [3.63, 3.8) is 0 Å². The van der Waals surface area contributed by atoms with E-state index >= 15 is 0 Å². The standard InChI is InChI=1S/C24H25N3O/c1-17-5-6-19-16-20-11-14-27(23(20)25-22(19)15-17)21-9-7-18(8-10-21)24(28)26-12-3-2-4-13-26/h5-10,15-16H,2-4,11-14H2,1H3. The van der Waals surface area contributed by atoms with Crippen LogP contribution in [0.15, 0.2) is 48.5 Å². The van der Waals surface area contributed by atoms with Crippen molar-refractivity contribution in [1.29, 1.82) is 0 Å². The van der Waals surface area contributed by atoms with E-state index in [4.69, 9.17) is 4.98 Å². The van der Waals surface area contributed by atoms with Crippen LogP contribution in [0.3, 0.4) is 0 Å². The smallest absolute Gasteiger partial charge is 0.253 e. The Bertz CT molecular complexity index is 1040. The van der Waals surface area contributed by atoms with Gasteiger partial charge in [0.2, 0.25) is 0 Å². The van der Waals surface area contributed by atoms with Crippen LogP contribution >= 0.6 is 0 Å². The van der Waals surface area contributed by atoms with Gasteiger partial charge in [0, 0.05) is 36.3 Å². The number of pyridine rings is 1. The second-order valence-corrected chi connectivity index (χ2v) is 7.97. The van der Waals surface area contributed by atoms with Crippen molar-refractivity contribution in [2.75, 3.05) is 24.5 Å². The lowest BCUT2D eigenvalue weighted by Crippen LogP contribution is -2.35. The molecule has 0 aliphatic carbocycles. The lowest BCUT2D eigenvalue weighted by molar-refractivity contribution is 0.0724. The maximum atomic E-state index is 12.7. The first-order valence-corrected chi connectivity index (χ1v) is 10.3. The van der Waals surface area contributed by atoms with Gasteiger partial charge in [-0.05, 0) is 80.1 Å². The van der Waals surface area contributed by atoms with Crippen LogP contribution in [0.25, 0.3) is 10.9 Å². The molecule has 1 saturated heterocycles. The molecule has 0 saturated carbocycles. The number of carbonyl (C=O) groups is 1. The van der Waals surface area contributed by atoms with E-state index in [1.807, 2.05) is 17.0 Å². The molecule has 2 aliphatic heterocycles. The zero-order chi connectivity index (χ0) is 19.1. The number of amides is 1. The van der Waals surface area contributed by atoms with Crippen molar-refractivity contribution in [3.8, 4) is 0 Å². The maximum absolute atomic E-state index is 12.7. The van der Waals surface area contributed by atoms with E-state index in [-0.39, 0.29) is 5.91 Å². The molecule has 5 rings (SSSR count). The summed E-state index contributed by atoms with van der Waals surface area (Å²) in [5.41, 5.74) is 5.46. The van der Waals surface area contributed by atoms with Crippen molar-refractivity contribution in [1.82, 2.24) is 9.88 Å². The molecule has 3 heterocycles. The van der Waals surface area contributed by atoms with Gasteiger partial charge < -0.3 is 9.80 Å². The van der Waals surface area contributed by atoms with Crippen molar-refractivity contribution in [3.05, 3.63) is 65.2 Å². The van der Waals surface area contributed by atoms with Gasteiger partial charge in [-0.1, -0.05) is 12.1 Å². The van der Waals surface area contributed by atoms with Gasteiger partial charge in [0.1, 0.15) is 5.82 Å². The number of aryl methyl sites for hydroxylation is 1. The van der Waals surface area contributed by atoms with Gasteiger partial charge in [0.25, 0.3) is 5.91 Å². The topological polar surface area (TPSA) is 36.4 Å². The van der Waals surface area contributed by atoms with Crippen molar-refractivity contribution < 1.29 is 4.79 Å². The number of aromatic nitrogens is 1. The van der Waals surface area contributed by atoms with Crippen LogP contribution in [0.2, 0.25) is 0 Å². The van der Waals surface area contributed by atoms with Crippen LogP contribution < -0.4 is 4.90 Å². The number of hydrogen-bond donors (Lipinski definition) is 0. The summed E-state index contributed by atoms with van der Waals surface area (Å²) in [7, 11) is 0. The summed E-state index contributed by atoms with van der Waals surface area (Å²) in [6, 6.07) is 16.8. The molecular formula is C24H25N3O. The van der Waals surface area contributed by atoms with Crippen molar-refractivity contribution in [2.24, 2.45) is 0 Å². The number of hydrogen-bond acceptors (Lipinski definition) is 3. The molecule has 1 amide bonds. The number of rotatable bonds is 2. The van der Waals surface area contributed by atoms with Gasteiger partial charge >= 0.3 is 0 Å². The largest absolute Gasteiger partial charge is 0.339 e. The van der Waals surface area contributed by atoms with Crippen LogP contribution in [0.1, 0.15) is 40.7 Å². The third-order valence-electron chi connectivity index (χ3n) is 5.96. The predicted octanol–water partition coefficient (Wildman–Crippen LogP) is 4.86. The minimum atomic E-state index is 0.160. The average molecular weight is 371 g/mol. The molecule has 0 spiro atoms. The van der Waals surface area contributed by atoms with Gasteiger partial charge in [-0.15, -0.1) is 0 Å². The third-order valence-corrected chi connectivity index (χ3v) is 5.96. The molecule has 4 heteroatoms. The summed E-state index contributed by atoms with van der Waals surface area (Å²) in [5.74, 6) is 1.21. The SMILES string of the molecule is Cc1ccc2cc3c(nc2c1)N(c1ccc(C(=O)N2CCCCC2)cc1)CC3. The molecule has 3 aromatic rings. The second kappa shape index (κ2) is 6.93. The van der Waals surface area contributed by atoms with E-state index in [0.29, 0.717) is 0 Å². The van der Waals surface area contributed by atoms with Crippen LogP contribution in [0, 0.1) is 6.92 Å². The molecule has 28 heavy (non-hydrogen) atoms. The summed E-state index contributed by atoms with van der Waals surface area (Å²) in [6.45, 7) is 4.80. The van der Waals surface area contributed by atoms with E-state index in [0.717, 1.165) is 61.5 Å². The number of piperidine rings is 1. The number of anilines is 2. The number of benzene rings is 2. The van der Waals surface area contributed by atoms with E-state index in [2.05, 4.69) is 48.2 Å². The van der Waals surface area contributed by atoms with E-state index in [1.165, 1.54) is 22.9 Å². The normalized spacial score (nSPS) is 16.5. The van der Waals surface area contributed by atoms with Gasteiger partial charge in [0.15, 0.2) is 0 Å². The highest BCUT2D eigenvalue weighted by molar-refractivity contribution is 5.95. The van der Waals surface area contributed by atoms with Gasteiger partial charge in [-0.3, -0.25) is 4.79 Å². The quantitative estimate of drug-likeness (QED) is 0.645. The Morgan fingerprint density at radius 3 is 2.50 bits per heavy atom. The van der Waals surface area contributed by atoms with Crippen LogP contribution in [-0.2, 0) is 6.42 Å². The molecule has 4 nitrogen and oxygen atoms in total. The lowest BCUT2D eigenvalue weighted by atomic mass is 10.1. The number of carbonyl (C=O) groups excluding carboxylic acids is 1. The highest BCUT2D eigenvalue weighted by Gasteiger charge is 2.24. The van der Waals surface area contributed by atoms with Gasteiger partial charge in [-0.2, -0.15) is 0 Å². The van der Waals surface area contributed by atoms with Crippen molar-refractivity contribution in [2.45, 2.75) is 32.6 Å².